The number of carbonyl (C=O) groups excluding carboxylic acids is 1. The van der Waals surface area contributed by atoms with Crippen LogP contribution in [-0.4, -0.2) is 30.8 Å². The second-order valence-electron chi connectivity index (χ2n) is 3.74. The fourth-order valence-corrected chi connectivity index (χ4v) is 1.96. The average Bonchev–Trinajstić information content (AvgIpc) is 2.75. The molecule has 1 aromatic rings. The van der Waals surface area contributed by atoms with Gasteiger partial charge in [-0.25, -0.2) is 0 Å². The maximum Gasteiger partial charge on any atom is 0.265 e. The molecule has 0 fully saturated rings. The van der Waals surface area contributed by atoms with Crippen LogP contribution < -0.4 is 10.1 Å². The molecule has 0 bridgehead atoms. The Kier molecular flexibility index (Phi) is 4.76. The highest BCUT2D eigenvalue weighted by Gasteiger charge is 2.18. The highest BCUT2D eigenvalue weighted by molar-refractivity contribution is 7.12. The van der Waals surface area contributed by atoms with Crippen LogP contribution in [0.15, 0.2) is 11.4 Å². The van der Waals surface area contributed by atoms with Gasteiger partial charge in [-0.15, -0.1) is 11.3 Å². The molecule has 5 heteroatoms. The van der Waals surface area contributed by atoms with Gasteiger partial charge >= 0.3 is 0 Å². The van der Waals surface area contributed by atoms with Crippen LogP contribution in [0.2, 0.25) is 0 Å². The molecule has 0 radical (unpaired) electrons. The van der Waals surface area contributed by atoms with Crippen molar-refractivity contribution in [3.05, 3.63) is 16.3 Å². The summed E-state index contributed by atoms with van der Waals surface area (Å²) in [5.41, 5.74) is 0. The number of aliphatic hydroxyl groups is 1. The van der Waals surface area contributed by atoms with Crippen LogP contribution in [0.1, 0.15) is 23.5 Å². The van der Waals surface area contributed by atoms with Crippen molar-refractivity contribution in [1.29, 1.82) is 0 Å². The van der Waals surface area contributed by atoms with Gasteiger partial charge in [-0.1, -0.05) is 6.92 Å². The molecule has 0 spiro atoms. The summed E-state index contributed by atoms with van der Waals surface area (Å²) in [4.78, 5) is 12.4. The first kappa shape index (κ1) is 13.0. The van der Waals surface area contributed by atoms with E-state index >= 15 is 0 Å². The van der Waals surface area contributed by atoms with Gasteiger partial charge < -0.3 is 15.2 Å². The highest BCUT2D eigenvalue weighted by atomic mass is 32.1. The zero-order chi connectivity index (χ0) is 12.1. The minimum absolute atomic E-state index is 0.0370. The van der Waals surface area contributed by atoms with Crippen molar-refractivity contribution < 1.29 is 14.6 Å². The SMILES string of the molecule is COc1ccsc1C(=O)NC(C)C(C)CO. The predicted octanol–water partition coefficient (Wildman–Crippen LogP) is 1.50. The molecule has 1 amide bonds. The molecule has 0 saturated carbocycles. The molecular formula is C11H17NO3S. The van der Waals surface area contributed by atoms with Gasteiger partial charge in [-0.3, -0.25) is 4.79 Å². The predicted molar refractivity (Wildman–Crippen MR) is 64.0 cm³/mol. The van der Waals surface area contributed by atoms with Gasteiger partial charge in [0.25, 0.3) is 5.91 Å². The number of hydrogen-bond donors (Lipinski definition) is 2. The van der Waals surface area contributed by atoms with Gasteiger partial charge in [0, 0.05) is 12.6 Å². The van der Waals surface area contributed by atoms with E-state index in [0.717, 1.165) is 0 Å². The van der Waals surface area contributed by atoms with Gasteiger partial charge in [0.1, 0.15) is 10.6 Å². The normalized spacial score (nSPS) is 14.2. The summed E-state index contributed by atoms with van der Waals surface area (Å²) in [5, 5.41) is 13.6. The molecule has 2 atom stereocenters. The van der Waals surface area contributed by atoms with E-state index in [9.17, 15) is 4.79 Å². The Morgan fingerprint density at radius 3 is 2.88 bits per heavy atom. The third-order valence-electron chi connectivity index (χ3n) is 2.56. The van der Waals surface area contributed by atoms with E-state index in [4.69, 9.17) is 9.84 Å². The molecule has 2 N–H and O–H groups in total. The van der Waals surface area contributed by atoms with Crippen molar-refractivity contribution in [2.75, 3.05) is 13.7 Å². The van der Waals surface area contributed by atoms with Gasteiger partial charge in [-0.2, -0.15) is 0 Å². The molecule has 0 aromatic carbocycles. The van der Waals surface area contributed by atoms with Crippen molar-refractivity contribution in [3.63, 3.8) is 0 Å². The Balaban J connectivity index is 2.65. The first-order chi connectivity index (χ1) is 7.60. The van der Waals surface area contributed by atoms with Gasteiger partial charge in [0.05, 0.1) is 7.11 Å². The third kappa shape index (κ3) is 2.96. The first-order valence-electron chi connectivity index (χ1n) is 5.13. The van der Waals surface area contributed by atoms with E-state index in [2.05, 4.69) is 5.32 Å². The molecule has 1 rings (SSSR count). The molecule has 1 aromatic heterocycles. The first-order valence-corrected chi connectivity index (χ1v) is 6.01. The van der Waals surface area contributed by atoms with Crippen LogP contribution in [0.5, 0.6) is 5.75 Å². The molecule has 90 valence electrons. The van der Waals surface area contributed by atoms with Crippen molar-refractivity contribution >= 4 is 17.2 Å². The lowest BCUT2D eigenvalue weighted by Gasteiger charge is -2.18. The van der Waals surface area contributed by atoms with Crippen LogP contribution >= 0.6 is 11.3 Å². The van der Waals surface area contributed by atoms with E-state index < -0.39 is 0 Å². The van der Waals surface area contributed by atoms with E-state index in [0.29, 0.717) is 10.6 Å². The lowest BCUT2D eigenvalue weighted by Crippen LogP contribution is -2.38. The molecule has 0 aliphatic heterocycles. The number of methoxy groups -OCH3 is 1. The van der Waals surface area contributed by atoms with Crippen LogP contribution in [0.25, 0.3) is 0 Å². The van der Waals surface area contributed by atoms with Gasteiger partial charge in [0.15, 0.2) is 0 Å². The largest absolute Gasteiger partial charge is 0.495 e. The molecular weight excluding hydrogens is 226 g/mol. The summed E-state index contributed by atoms with van der Waals surface area (Å²) in [6, 6.07) is 1.70. The van der Waals surface area contributed by atoms with Gasteiger partial charge in [-0.05, 0) is 24.3 Å². The average molecular weight is 243 g/mol. The fraction of sp³-hybridized carbons (Fsp3) is 0.545. The summed E-state index contributed by atoms with van der Waals surface area (Å²) < 4.78 is 5.08. The number of amides is 1. The van der Waals surface area contributed by atoms with Crippen molar-refractivity contribution in [1.82, 2.24) is 5.32 Å². The zero-order valence-electron chi connectivity index (χ0n) is 9.69. The Labute approximate surface area is 99.2 Å². The van der Waals surface area contributed by atoms with Crippen molar-refractivity contribution in [2.24, 2.45) is 5.92 Å². The number of ether oxygens (including phenoxy) is 1. The Hall–Kier alpha value is -1.07. The van der Waals surface area contributed by atoms with Crippen LogP contribution in [0, 0.1) is 5.92 Å². The summed E-state index contributed by atoms with van der Waals surface area (Å²) in [5.74, 6) is 0.473. The van der Waals surface area contributed by atoms with Crippen molar-refractivity contribution in [3.8, 4) is 5.75 Å². The second-order valence-corrected chi connectivity index (χ2v) is 4.66. The zero-order valence-corrected chi connectivity index (χ0v) is 10.5. The quantitative estimate of drug-likeness (QED) is 0.824. The van der Waals surface area contributed by atoms with E-state index in [1.807, 2.05) is 19.2 Å². The monoisotopic (exact) mass is 243 g/mol. The number of thiophene rings is 1. The van der Waals surface area contributed by atoms with E-state index in [-0.39, 0.29) is 24.5 Å². The number of hydrogen-bond acceptors (Lipinski definition) is 4. The maximum absolute atomic E-state index is 11.9. The summed E-state index contributed by atoms with van der Waals surface area (Å²) >= 11 is 1.34. The van der Waals surface area contributed by atoms with Crippen LogP contribution in [0.3, 0.4) is 0 Å². The summed E-state index contributed by atoms with van der Waals surface area (Å²) in [6.45, 7) is 3.82. The standard InChI is InChI=1S/C11H17NO3S/c1-7(6-13)8(2)12-11(14)10-9(15-3)4-5-16-10/h4-5,7-8,13H,6H2,1-3H3,(H,12,14). The van der Waals surface area contributed by atoms with Crippen LogP contribution in [-0.2, 0) is 0 Å². The molecule has 1 heterocycles. The molecule has 0 aliphatic carbocycles. The Bertz CT molecular complexity index is 351. The molecule has 4 nitrogen and oxygen atoms in total. The Morgan fingerprint density at radius 1 is 1.62 bits per heavy atom. The van der Waals surface area contributed by atoms with Crippen molar-refractivity contribution in [2.45, 2.75) is 19.9 Å². The van der Waals surface area contributed by atoms with E-state index in [1.54, 1.807) is 13.2 Å². The topological polar surface area (TPSA) is 58.6 Å². The third-order valence-corrected chi connectivity index (χ3v) is 3.45. The molecule has 2 unspecified atom stereocenters. The highest BCUT2D eigenvalue weighted by Crippen LogP contribution is 2.24. The number of nitrogens with one attached hydrogen (secondary N) is 1. The van der Waals surface area contributed by atoms with Crippen LogP contribution in [0.4, 0.5) is 0 Å². The smallest absolute Gasteiger partial charge is 0.265 e. The summed E-state index contributed by atoms with van der Waals surface area (Å²) in [6.07, 6.45) is 0. The molecule has 16 heavy (non-hydrogen) atoms. The maximum atomic E-state index is 11.9. The molecule has 0 saturated heterocycles. The minimum atomic E-state index is -0.153. The number of rotatable bonds is 5. The fourth-order valence-electron chi connectivity index (χ4n) is 1.20. The second kappa shape index (κ2) is 5.86. The van der Waals surface area contributed by atoms with E-state index in [1.165, 1.54) is 11.3 Å². The molecule has 0 aliphatic rings. The lowest BCUT2D eigenvalue weighted by molar-refractivity contribution is 0.0918. The number of carbonyl (C=O) groups is 1. The number of aliphatic hydroxyl groups excluding tert-OH is 1. The van der Waals surface area contributed by atoms with Gasteiger partial charge in [0.2, 0.25) is 0 Å². The summed E-state index contributed by atoms with van der Waals surface area (Å²) in [7, 11) is 1.54. The minimum Gasteiger partial charge on any atom is -0.495 e. The lowest BCUT2D eigenvalue weighted by atomic mass is 10.1. The Morgan fingerprint density at radius 2 is 2.31 bits per heavy atom.